The van der Waals surface area contributed by atoms with Gasteiger partial charge in [-0.3, -0.25) is 0 Å². The topological polar surface area (TPSA) is 35.6 Å². The smallest absolute Gasteiger partial charge is 0.263 e. The molecule has 0 fully saturated rings. The van der Waals surface area contributed by atoms with Gasteiger partial charge in [-0.05, 0) is 12.1 Å². The highest BCUT2D eigenvalue weighted by molar-refractivity contribution is 5.36. The van der Waals surface area contributed by atoms with E-state index in [1.807, 2.05) is 17.0 Å². The lowest BCUT2D eigenvalue weighted by Crippen LogP contribution is -1.96. The maximum Gasteiger partial charge on any atom is 0.263 e. The van der Waals surface area contributed by atoms with E-state index in [-0.39, 0.29) is 5.56 Å². The van der Waals surface area contributed by atoms with Gasteiger partial charge in [-0.15, -0.1) is 0 Å². The molecule has 6 heteroatoms. The average Bonchev–Trinajstić information content (AvgIpc) is 3.11. The molecule has 2 heterocycles. The zero-order valence-electron chi connectivity index (χ0n) is 10.5. The van der Waals surface area contributed by atoms with Crippen molar-refractivity contribution in [2.45, 2.75) is 13.0 Å². The van der Waals surface area contributed by atoms with Crippen molar-refractivity contribution in [2.24, 2.45) is 0 Å². The molecule has 0 saturated carbocycles. The van der Waals surface area contributed by atoms with E-state index < -0.39 is 6.43 Å². The quantitative estimate of drug-likeness (QED) is 0.733. The molecule has 3 rings (SSSR count). The van der Waals surface area contributed by atoms with E-state index in [4.69, 9.17) is 0 Å². The van der Waals surface area contributed by atoms with Crippen LogP contribution in [-0.4, -0.2) is 19.1 Å². The Hall–Kier alpha value is -2.50. The fourth-order valence-corrected chi connectivity index (χ4v) is 1.97. The average molecular weight is 274 g/mol. The van der Waals surface area contributed by atoms with Gasteiger partial charge in [-0.25, -0.2) is 18.7 Å². The van der Waals surface area contributed by atoms with Crippen LogP contribution in [0.15, 0.2) is 55.5 Å². The maximum atomic E-state index is 12.7. The first-order valence-corrected chi connectivity index (χ1v) is 6.09. The third-order valence-corrected chi connectivity index (χ3v) is 2.96. The minimum Gasteiger partial charge on any atom is -0.331 e. The summed E-state index contributed by atoms with van der Waals surface area (Å²) in [5.41, 5.74) is 1.52. The van der Waals surface area contributed by atoms with Gasteiger partial charge >= 0.3 is 0 Å². The lowest BCUT2D eigenvalue weighted by atomic mass is 10.2. The van der Waals surface area contributed by atoms with Crippen LogP contribution in [-0.2, 0) is 6.54 Å². The number of nitrogens with zero attached hydrogens (tertiary/aromatic N) is 4. The second kappa shape index (κ2) is 5.24. The Balaban J connectivity index is 1.84. The van der Waals surface area contributed by atoms with Gasteiger partial charge in [0.2, 0.25) is 0 Å². The highest BCUT2D eigenvalue weighted by Gasteiger charge is 2.08. The summed E-state index contributed by atoms with van der Waals surface area (Å²) in [7, 11) is 0. The molecule has 3 aromatic rings. The van der Waals surface area contributed by atoms with Crippen LogP contribution in [0.5, 0.6) is 0 Å². The number of hydrogen-bond acceptors (Lipinski definition) is 2. The summed E-state index contributed by atoms with van der Waals surface area (Å²) < 4.78 is 29.0. The third-order valence-electron chi connectivity index (χ3n) is 2.96. The molecule has 0 bridgehead atoms. The van der Waals surface area contributed by atoms with Crippen LogP contribution >= 0.6 is 0 Å². The van der Waals surface area contributed by atoms with E-state index in [1.165, 1.54) is 12.1 Å². The Bertz CT molecular complexity index is 689. The van der Waals surface area contributed by atoms with Crippen LogP contribution in [0.3, 0.4) is 0 Å². The number of hydrogen-bond donors (Lipinski definition) is 0. The lowest BCUT2D eigenvalue weighted by molar-refractivity contribution is 0.151. The molecule has 102 valence electrons. The van der Waals surface area contributed by atoms with Gasteiger partial charge in [-0.2, -0.15) is 0 Å². The summed E-state index contributed by atoms with van der Waals surface area (Å²) in [5.74, 6) is 0. The summed E-state index contributed by atoms with van der Waals surface area (Å²) >= 11 is 0. The molecule has 0 aliphatic carbocycles. The molecule has 0 N–H and O–H groups in total. The van der Waals surface area contributed by atoms with E-state index >= 15 is 0 Å². The summed E-state index contributed by atoms with van der Waals surface area (Å²) in [6, 6.07) is 6.27. The lowest BCUT2D eigenvalue weighted by Gasteiger charge is -2.05. The number of halogens is 2. The number of alkyl halides is 2. The number of imidazole rings is 2. The van der Waals surface area contributed by atoms with Gasteiger partial charge in [0.05, 0.1) is 24.9 Å². The van der Waals surface area contributed by atoms with Crippen LogP contribution in [0, 0.1) is 0 Å². The van der Waals surface area contributed by atoms with Crippen molar-refractivity contribution in [3.8, 4) is 5.69 Å². The first-order valence-electron chi connectivity index (χ1n) is 6.09. The molecule has 2 aromatic heterocycles. The number of benzene rings is 1. The molecule has 20 heavy (non-hydrogen) atoms. The molecule has 0 saturated heterocycles. The van der Waals surface area contributed by atoms with Gasteiger partial charge in [-0.1, -0.05) is 12.1 Å². The van der Waals surface area contributed by atoms with Crippen molar-refractivity contribution >= 4 is 0 Å². The predicted molar refractivity (Wildman–Crippen MR) is 69.9 cm³/mol. The Morgan fingerprint density at radius 2 is 2.10 bits per heavy atom. The van der Waals surface area contributed by atoms with E-state index in [0.717, 1.165) is 5.69 Å². The first-order chi connectivity index (χ1) is 9.72. The molecular weight excluding hydrogens is 262 g/mol. The zero-order chi connectivity index (χ0) is 13.9. The van der Waals surface area contributed by atoms with Crippen LogP contribution in [0.25, 0.3) is 5.69 Å². The van der Waals surface area contributed by atoms with E-state index in [9.17, 15) is 8.78 Å². The summed E-state index contributed by atoms with van der Waals surface area (Å²) in [4.78, 5) is 8.23. The first kappa shape index (κ1) is 12.5. The Morgan fingerprint density at radius 1 is 1.20 bits per heavy atom. The maximum absolute atomic E-state index is 12.7. The third kappa shape index (κ3) is 2.59. The number of rotatable bonds is 4. The predicted octanol–water partition coefficient (Wildman–Crippen LogP) is 3.05. The molecule has 0 amide bonds. The van der Waals surface area contributed by atoms with Gasteiger partial charge < -0.3 is 9.13 Å². The van der Waals surface area contributed by atoms with Crippen LogP contribution in [0.4, 0.5) is 8.78 Å². The molecule has 1 aromatic carbocycles. The van der Waals surface area contributed by atoms with Gasteiger partial charge in [0.1, 0.15) is 0 Å². The molecule has 0 spiro atoms. The van der Waals surface area contributed by atoms with Gasteiger partial charge in [0, 0.05) is 29.8 Å². The molecule has 0 aliphatic rings. The van der Waals surface area contributed by atoms with Crippen molar-refractivity contribution in [2.75, 3.05) is 0 Å². The largest absolute Gasteiger partial charge is 0.331 e. The molecule has 0 aliphatic heterocycles. The fourth-order valence-electron chi connectivity index (χ4n) is 1.97. The van der Waals surface area contributed by atoms with E-state index in [1.54, 1.807) is 35.6 Å². The molecule has 0 unspecified atom stereocenters. The second-order valence-electron chi connectivity index (χ2n) is 4.40. The van der Waals surface area contributed by atoms with Crippen LogP contribution in [0.2, 0.25) is 0 Å². The van der Waals surface area contributed by atoms with Crippen molar-refractivity contribution in [1.82, 2.24) is 19.1 Å². The second-order valence-corrected chi connectivity index (χ2v) is 4.40. The minimum absolute atomic E-state index is 0.00681. The van der Waals surface area contributed by atoms with E-state index in [0.29, 0.717) is 12.2 Å². The van der Waals surface area contributed by atoms with Crippen LogP contribution in [0.1, 0.15) is 17.7 Å². The standard InChI is InChI=1S/C14H12F2N4/c15-14(16)11-2-1-3-13(6-11)20-8-12(18-10-20)7-19-5-4-17-9-19/h1-6,8-10,14H,7H2. The SMILES string of the molecule is FC(F)c1cccc(-n2cnc(Cn3ccnc3)c2)c1. The number of aromatic nitrogens is 4. The van der Waals surface area contributed by atoms with Crippen molar-refractivity contribution < 1.29 is 8.78 Å². The Morgan fingerprint density at radius 3 is 2.85 bits per heavy atom. The van der Waals surface area contributed by atoms with Crippen molar-refractivity contribution in [3.63, 3.8) is 0 Å². The summed E-state index contributed by atoms with van der Waals surface area (Å²) in [6.45, 7) is 0.599. The van der Waals surface area contributed by atoms with Crippen molar-refractivity contribution in [1.29, 1.82) is 0 Å². The zero-order valence-corrected chi connectivity index (χ0v) is 10.5. The van der Waals surface area contributed by atoms with Gasteiger partial charge in [0.15, 0.2) is 0 Å². The van der Waals surface area contributed by atoms with E-state index in [2.05, 4.69) is 9.97 Å². The minimum atomic E-state index is -2.47. The summed E-state index contributed by atoms with van der Waals surface area (Å²) in [5, 5.41) is 0. The molecule has 0 atom stereocenters. The normalized spacial score (nSPS) is 11.2. The molecular formula is C14H12F2N4. The van der Waals surface area contributed by atoms with Gasteiger partial charge in [0.25, 0.3) is 6.43 Å². The monoisotopic (exact) mass is 274 g/mol. The Kier molecular flexibility index (Phi) is 3.28. The fraction of sp³-hybridized carbons (Fsp3) is 0.143. The highest BCUT2D eigenvalue weighted by atomic mass is 19.3. The molecule has 0 radical (unpaired) electrons. The van der Waals surface area contributed by atoms with Crippen LogP contribution < -0.4 is 0 Å². The summed E-state index contributed by atoms with van der Waals surface area (Å²) in [6.07, 6.45) is 6.22. The molecule has 4 nitrogen and oxygen atoms in total. The Labute approximate surface area is 114 Å². The highest BCUT2D eigenvalue weighted by Crippen LogP contribution is 2.21. The van der Waals surface area contributed by atoms with Crippen molar-refractivity contribution in [3.05, 3.63) is 66.8 Å².